The van der Waals surface area contributed by atoms with Crippen LogP contribution in [0.1, 0.15) is 122 Å². The summed E-state index contributed by atoms with van der Waals surface area (Å²) in [6.45, 7) is 2.63. The molecule has 2 fully saturated rings. The zero-order valence-electron chi connectivity index (χ0n) is 66.0. The van der Waals surface area contributed by atoms with Crippen molar-refractivity contribution < 1.29 is 53.4 Å². The number of benzene rings is 6. The lowest BCUT2D eigenvalue weighted by atomic mass is 9.73. The van der Waals surface area contributed by atoms with Crippen LogP contribution in [0, 0.1) is 11.3 Å². The average Bonchev–Trinajstić information content (AvgIpc) is 1.50. The van der Waals surface area contributed by atoms with E-state index in [-0.39, 0.29) is 113 Å². The summed E-state index contributed by atoms with van der Waals surface area (Å²) in [4.78, 5) is 145. The second-order valence-electron chi connectivity index (χ2n) is 31.2. The highest BCUT2D eigenvalue weighted by Gasteiger charge is 2.41. The maximum absolute atomic E-state index is 15.5. The van der Waals surface area contributed by atoms with Crippen LogP contribution < -0.4 is 64.6 Å². The number of unbranched alkanes of at least 4 members (excludes halogenated alkanes) is 1. The Hall–Kier alpha value is -10.9. The summed E-state index contributed by atoms with van der Waals surface area (Å²) in [5.74, 6) is -4.73. The lowest BCUT2D eigenvalue weighted by molar-refractivity contribution is -0.136. The number of Topliss-reactive ketones (excluding diaryl/α,β-unsaturated/α-hetero) is 1. The molecule has 0 radical (unpaired) electrons. The molecule has 28 heteroatoms. The highest BCUT2D eigenvalue weighted by Crippen LogP contribution is 2.45. The van der Waals surface area contributed by atoms with Crippen molar-refractivity contribution in [3.8, 4) is 5.75 Å². The third-order valence-corrected chi connectivity index (χ3v) is 23.5. The number of aliphatic hydroxyl groups excluding tert-OH is 1. The largest absolute Gasteiger partial charge is 0.508 e. The topological polar surface area (TPSA) is 425 Å². The molecule has 2 saturated heterocycles. The summed E-state index contributed by atoms with van der Waals surface area (Å²) < 4.78 is 0. The highest BCUT2D eigenvalue weighted by molar-refractivity contribution is 7.99. The van der Waals surface area contributed by atoms with Crippen molar-refractivity contribution in [1.82, 2.24) is 68.0 Å². The van der Waals surface area contributed by atoms with Crippen molar-refractivity contribution in [2.45, 2.75) is 189 Å². The number of carbonyl (C=O) groups excluding carboxylic acids is 9. The van der Waals surface area contributed by atoms with Gasteiger partial charge in [-0.1, -0.05) is 146 Å². The van der Waals surface area contributed by atoms with Crippen LogP contribution in [0.5, 0.6) is 5.75 Å². The van der Waals surface area contributed by atoms with Crippen molar-refractivity contribution in [3.05, 3.63) is 209 Å². The molecule has 6 aromatic carbocycles. The minimum Gasteiger partial charge on any atom is -0.508 e. The van der Waals surface area contributed by atoms with Gasteiger partial charge in [0.15, 0.2) is 11.7 Å². The molecule has 616 valence electrons. The number of amides is 8. The number of ketones is 1. The second kappa shape index (κ2) is 42.6. The smallest absolute Gasteiger partial charge is 0.245 e. The minimum atomic E-state index is -1.64. The maximum Gasteiger partial charge on any atom is 0.245 e. The first-order valence-corrected chi connectivity index (χ1v) is 41.7. The van der Waals surface area contributed by atoms with Crippen LogP contribution in [0.3, 0.4) is 0 Å². The molecular weight excluding hydrogens is 1490 g/mol. The molecule has 11 rings (SSSR count). The van der Waals surface area contributed by atoms with E-state index >= 15 is 24.0 Å². The number of phenols is 1. The fraction of sp³-hybridized carbons (Fsp3) is 0.432. The number of likely N-dealkylation sites (N-methyl/N-ethyl adjacent to an activating group) is 1. The number of aromatic amines is 2. The summed E-state index contributed by atoms with van der Waals surface area (Å²) in [6, 6.07) is 36.3. The molecule has 0 saturated carbocycles. The zero-order valence-corrected chi connectivity index (χ0v) is 66.8. The molecule has 2 aliphatic heterocycles. The van der Waals surface area contributed by atoms with Gasteiger partial charge in [0.25, 0.3) is 0 Å². The summed E-state index contributed by atoms with van der Waals surface area (Å²) in [5, 5.41) is 61.4. The number of para-hydroxylation sites is 1. The van der Waals surface area contributed by atoms with E-state index in [1.807, 2.05) is 42.5 Å². The Morgan fingerprint density at radius 2 is 1.16 bits per heavy atom. The number of aromatic nitrogens is 2. The van der Waals surface area contributed by atoms with Crippen LogP contribution in [0.4, 0.5) is 0 Å². The number of hydrogen-bond acceptors (Lipinski definition) is 16. The standard InChI is InChI=1S/C88H112N16O11S/c1-54(105)80-87(115)99-72(43-55-21-7-3-8-22-55)77(107)34-14-6-13-30-69(95-50-62(41-58-35-37-63(106)38-36-58)96-78(108)53-116-52-59-42-66-65-28-19-32-68-79(65)61(49-94-68)47-76(66)104(2)51-59)81(109)97-71(33-20-40-92-88(90)91)82(110)100-73(44-56-23-9-4-10-24-56)84(112)101-74(45-57-25-11-5-12-26-57)85(113)102-75(46-60-48-93-67-29-16-15-27-64(60)67)86(114)98-70(83(111)103-80)31-17-18-39-89/h3-5,7-12,15-16,19,21-29,32,35-38,48-49,54,59,62,66,69-76,80,93-95,105-106H,6,13-14,17-18,20,30-31,33-34,39-47,50-53,89H2,1-2H3,(H,96,108)(H,97,109)(H,98,114)(H,99,115)(H,100,110)(H,101,112)(H,102,113)(H,103,111)(H4,90,91,92)/t54-,59-,62+,66-,69+,70+,71+,72+,73+,74+,75-,76-,80+/m1/s1. The molecule has 4 heterocycles. The van der Waals surface area contributed by atoms with Gasteiger partial charge in [-0.2, -0.15) is 11.8 Å². The Balaban J connectivity index is 0.903. The number of piperidine rings is 1. The van der Waals surface area contributed by atoms with Crippen LogP contribution >= 0.6 is 11.8 Å². The Kier molecular flexibility index (Phi) is 31.6. The first-order valence-electron chi connectivity index (χ1n) is 40.6. The Bertz CT molecular complexity index is 4630. The number of hydrogen-bond donors (Lipinski definition) is 17. The lowest BCUT2D eigenvalue weighted by Crippen LogP contribution is -2.62. The van der Waals surface area contributed by atoms with E-state index in [1.54, 1.807) is 115 Å². The monoisotopic (exact) mass is 1600 g/mol. The number of thioether (sulfide) groups is 1. The first-order chi connectivity index (χ1) is 56.1. The number of carbonyl (C=O) groups is 9. The van der Waals surface area contributed by atoms with Crippen LogP contribution in [0.25, 0.3) is 21.8 Å². The maximum atomic E-state index is 15.5. The van der Waals surface area contributed by atoms with E-state index < -0.39 is 102 Å². The normalized spacial score (nSPS) is 23.2. The van der Waals surface area contributed by atoms with E-state index in [4.69, 9.17) is 16.9 Å². The third kappa shape index (κ3) is 24.6. The molecule has 8 amide bonds. The summed E-state index contributed by atoms with van der Waals surface area (Å²) >= 11 is 1.58. The number of rotatable bonds is 27. The molecule has 1 aliphatic carbocycles. The van der Waals surface area contributed by atoms with Gasteiger partial charge in [-0.05, 0) is 166 Å². The SMILES string of the molecule is C[C@@H](O)[C@@H]1NC(=O)[C@H](CCCCN)NC(=O)[C@@H](Cc2c[nH]c3ccccc23)NC(=O)[C@H](Cc2ccccc2)NC(=O)[C@H](Cc2ccccc2)NC(=O)[C@H](CCCNC(=N)N)NC(=O)[C@@H](NC[C@H](Cc2ccc(O)cc2)NC(=O)CSC[C@@H]2C[C@@H]3c4cccc5[nH]cc(c45)C[C@H]3N(C)C2)CCCCCC(=O)[C@H](Cc2ccccc2)NC1=O. The van der Waals surface area contributed by atoms with Gasteiger partial charge in [0.1, 0.15) is 42.0 Å². The molecule has 0 bridgehead atoms. The van der Waals surface area contributed by atoms with E-state index in [0.29, 0.717) is 72.2 Å². The van der Waals surface area contributed by atoms with Crippen LogP contribution in [0.2, 0.25) is 0 Å². The second-order valence-corrected chi connectivity index (χ2v) is 32.2. The molecule has 116 heavy (non-hydrogen) atoms. The predicted octanol–water partition coefficient (Wildman–Crippen LogP) is 5.40. The van der Waals surface area contributed by atoms with Gasteiger partial charge in [0, 0.05) is 97.5 Å². The van der Waals surface area contributed by atoms with Gasteiger partial charge in [-0.25, -0.2) is 0 Å². The van der Waals surface area contributed by atoms with E-state index in [2.05, 4.69) is 99.5 Å². The molecule has 0 spiro atoms. The summed E-state index contributed by atoms with van der Waals surface area (Å²) in [5.41, 5.74) is 19.7. The number of nitrogens with one attached hydrogen (secondary N) is 13. The quantitative estimate of drug-likeness (QED) is 0.0174. The zero-order chi connectivity index (χ0) is 82.0. The van der Waals surface area contributed by atoms with Crippen molar-refractivity contribution >= 4 is 92.6 Å². The Morgan fingerprint density at radius 3 is 1.80 bits per heavy atom. The van der Waals surface area contributed by atoms with Crippen molar-refractivity contribution in [2.75, 3.05) is 44.7 Å². The molecule has 2 aromatic heterocycles. The molecule has 19 N–H and O–H groups in total. The number of aromatic hydroxyl groups is 1. The van der Waals surface area contributed by atoms with Crippen LogP contribution in [-0.4, -0.2) is 195 Å². The summed E-state index contributed by atoms with van der Waals surface area (Å²) in [7, 11) is 2.19. The first kappa shape index (κ1) is 86.0. The Morgan fingerprint density at radius 1 is 0.603 bits per heavy atom. The van der Waals surface area contributed by atoms with Gasteiger partial charge in [-0.15, -0.1) is 0 Å². The number of likely N-dealkylation sites (tertiary alicyclic amines) is 1. The van der Waals surface area contributed by atoms with Gasteiger partial charge >= 0.3 is 0 Å². The van der Waals surface area contributed by atoms with Gasteiger partial charge in [0.2, 0.25) is 47.3 Å². The van der Waals surface area contributed by atoms with Gasteiger partial charge in [-0.3, -0.25) is 48.6 Å². The number of fused-ring (bicyclic) bond motifs is 3. The predicted molar refractivity (Wildman–Crippen MR) is 450 cm³/mol. The van der Waals surface area contributed by atoms with Crippen molar-refractivity contribution in [1.29, 1.82) is 5.41 Å². The van der Waals surface area contributed by atoms with E-state index in [0.717, 1.165) is 47.1 Å². The molecule has 3 aliphatic rings. The fourth-order valence-electron chi connectivity index (χ4n) is 16.2. The fourth-order valence-corrected chi connectivity index (χ4v) is 17.2. The van der Waals surface area contributed by atoms with Crippen molar-refractivity contribution in [2.24, 2.45) is 17.4 Å². The van der Waals surface area contributed by atoms with Crippen LogP contribution in [-0.2, 0) is 81.7 Å². The Labute approximate surface area is 681 Å². The molecule has 8 aromatic rings. The molecule has 27 nitrogen and oxygen atoms in total. The minimum absolute atomic E-state index is 0.0116. The van der Waals surface area contributed by atoms with E-state index in [1.165, 1.54) is 23.4 Å². The number of nitrogens with two attached hydrogens (primary N) is 2. The molecule has 0 unspecified atom stereocenters. The number of aliphatic hydroxyl groups is 1. The highest BCUT2D eigenvalue weighted by atomic mass is 32.2. The third-order valence-electron chi connectivity index (χ3n) is 22.3. The van der Waals surface area contributed by atoms with Crippen molar-refractivity contribution in [3.63, 3.8) is 0 Å². The van der Waals surface area contributed by atoms with Gasteiger partial charge in [0.05, 0.1) is 23.9 Å². The average molecular weight is 1600 g/mol. The lowest BCUT2D eigenvalue weighted by Gasteiger charge is -2.45. The number of guanidine groups is 1. The van der Waals surface area contributed by atoms with E-state index in [9.17, 15) is 29.4 Å². The number of phenolic OH excluding ortho intramolecular Hbond substituents is 1. The van der Waals surface area contributed by atoms with Crippen LogP contribution in [0.15, 0.2) is 170 Å². The summed E-state index contributed by atoms with van der Waals surface area (Å²) in [6.07, 6.45) is 6.37. The van der Waals surface area contributed by atoms with Gasteiger partial charge < -0.3 is 89.7 Å². The number of nitrogens with zero attached hydrogens (tertiary/aromatic N) is 1. The molecule has 13 atom stereocenters. The molecular formula is C88H112N16O11S. The number of H-pyrrole nitrogens is 2.